The molecule has 0 aromatic heterocycles. The molecule has 0 unspecified atom stereocenters. The number of carboxylic acid groups (broad SMARTS) is 1. The second-order valence-electron chi connectivity index (χ2n) is 6.07. The molecule has 0 spiro atoms. The van der Waals surface area contributed by atoms with E-state index in [4.69, 9.17) is 9.84 Å². The summed E-state index contributed by atoms with van der Waals surface area (Å²) in [6.07, 6.45) is 0.658. The molecule has 138 valence electrons. The lowest BCUT2D eigenvalue weighted by molar-refractivity contribution is -0.136. The number of hydrogen-bond donors (Lipinski definition) is 3. The summed E-state index contributed by atoms with van der Waals surface area (Å²) in [5.74, 6) is 0.0185. The summed E-state index contributed by atoms with van der Waals surface area (Å²) in [4.78, 5) is 22.5. The molecule has 0 aliphatic rings. The van der Waals surface area contributed by atoms with Crippen molar-refractivity contribution in [2.24, 2.45) is 0 Å². The molecule has 0 atom stereocenters. The third-order valence-corrected chi connectivity index (χ3v) is 3.83. The van der Waals surface area contributed by atoms with Crippen molar-refractivity contribution in [2.45, 2.75) is 26.7 Å². The molecule has 2 amide bonds. The average molecular weight is 356 g/mol. The van der Waals surface area contributed by atoms with Crippen LogP contribution in [0.25, 0.3) is 0 Å². The van der Waals surface area contributed by atoms with Crippen molar-refractivity contribution in [2.75, 3.05) is 18.5 Å². The third kappa shape index (κ3) is 6.12. The summed E-state index contributed by atoms with van der Waals surface area (Å²) >= 11 is 0. The summed E-state index contributed by atoms with van der Waals surface area (Å²) in [7, 11) is 0. The van der Waals surface area contributed by atoms with E-state index in [1.165, 1.54) is 0 Å². The quantitative estimate of drug-likeness (QED) is 0.632. The first-order valence-corrected chi connectivity index (χ1v) is 8.50. The number of anilines is 1. The van der Waals surface area contributed by atoms with Crippen LogP contribution >= 0.6 is 0 Å². The van der Waals surface area contributed by atoms with E-state index in [9.17, 15) is 9.59 Å². The zero-order valence-corrected chi connectivity index (χ0v) is 15.0. The number of para-hydroxylation sites is 1. The normalized spacial score (nSPS) is 10.2. The monoisotopic (exact) mass is 356 g/mol. The first kappa shape index (κ1) is 19.3. The summed E-state index contributed by atoms with van der Waals surface area (Å²) in [6.45, 7) is 5.04. The lowest BCUT2D eigenvalue weighted by Gasteiger charge is -2.12. The first-order valence-electron chi connectivity index (χ1n) is 8.50. The van der Waals surface area contributed by atoms with Crippen molar-refractivity contribution in [3.63, 3.8) is 0 Å². The van der Waals surface area contributed by atoms with Crippen LogP contribution in [0.4, 0.5) is 10.5 Å². The number of benzene rings is 2. The van der Waals surface area contributed by atoms with Gasteiger partial charge < -0.3 is 20.5 Å². The summed E-state index contributed by atoms with van der Waals surface area (Å²) < 4.78 is 5.79. The van der Waals surface area contributed by atoms with E-state index < -0.39 is 5.97 Å². The fourth-order valence-corrected chi connectivity index (χ4v) is 2.53. The molecular weight excluding hydrogens is 332 g/mol. The number of urea groups is 1. The average Bonchev–Trinajstić information content (AvgIpc) is 2.58. The smallest absolute Gasteiger partial charge is 0.319 e. The van der Waals surface area contributed by atoms with Crippen LogP contribution in [-0.2, 0) is 11.2 Å². The molecule has 0 aliphatic carbocycles. The number of rotatable bonds is 8. The largest absolute Gasteiger partial charge is 0.493 e. The van der Waals surface area contributed by atoms with Crippen LogP contribution in [0.3, 0.4) is 0 Å². The second-order valence-corrected chi connectivity index (χ2v) is 6.07. The molecule has 0 radical (unpaired) electrons. The van der Waals surface area contributed by atoms with Crippen molar-refractivity contribution in [3.05, 3.63) is 59.2 Å². The summed E-state index contributed by atoms with van der Waals surface area (Å²) in [6, 6.07) is 12.4. The van der Waals surface area contributed by atoms with Crippen LogP contribution < -0.4 is 15.4 Å². The van der Waals surface area contributed by atoms with Gasteiger partial charge in [-0.25, -0.2) is 4.79 Å². The van der Waals surface area contributed by atoms with Crippen LogP contribution in [0.1, 0.15) is 23.1 Å². The number of aryl methyl sites for hydroxylation is 2. The molecule has 26 heavy (non-hydrogen) atoms. The highest BCUT2D eigenvalue weighted by molar-refractivity contribution is 5.89. The zero-order chi connectivity index (χ0) is 18.9. The number of hydrogen-bond acceptors (Lipinski definition) is 3. The minimum Gasteiger partial charge on any atom is -0.493 e. The number of carboxylic acids is 1. The summed E-state index contributed by atoms with van der Waals surface area (Å²) in [5, 5.41) is 14.2. The maximum Gasteiger partial charge on any atom is 0.319 e. The Bertz CT molecular complexity index is 737. The number of aliphatic carboxylic acids is 1. The summed E-state index contributed by atoms with van der Waals surface area (Å²) in [5.41, 5.74) is 3.50. The van der Waals surface area contributed by atoms with Crippen molar-refractivity contribution in [3.8, 4) is 5.75 Å². The Balaban J connectivity index is 1.68. The van der Waals surface area contributed by atoms with Gasteiger partial charge in [0.2, 0.25) is 0 Å². The standard InChI is InChI=1S/C20H24N2O4/c1-14-5-3-6-15(2)19(14)26-12-4-11-21-20(25)22-17-9-7-16(8-10-17)13-18(23)24/h3,5-10H,4,11-13H2,1-2H3,(H,23,24)(H2,21,22,25). The molecule has 0 saturated heterocycles. The predicted octanol–water partition coefficient (Wildman–Crippen LogP) is 3.52. The van der Waals surface area contributed by atoms with E-state index in [-0.39, 0.29) is 12.5 Å². The molecular formula is C20H24N2O4. The first-order chi connectivity index (χ1) is 12.5. The van der Waals surface area contributed by atoms with E-state index in [0.717, 1.165) is 16.9 Å². The molecule has 3 N–H and O–H groups in total. The molecule has 0 saturated carbocycles. The Morgan fingerprint density at radius 3 is 2.31 bits per heavy atom. The maximum atomic E-state index is 11.9. The molecule has 2 rings (SSSR count). The minimum absolute atomic E-state index is 0.0349. The molecule has 6 heteroatoms. The lowest BCUT2D eigenvalue weighted by Crippen LogP contribution is -2.30. The van der Waals surface area contributed by atoms with Gasteiger partial charge in [-0.2, -0.15) is 0 Å². The molecule has 0 aliphatic heterocycles. The molecule has 6 nitrogen and oxygen atoms in total. The highest BCUT2D eigenvalue weighted by atomic mass is 16.5. The highest BCUT2D eigenvalue weighted by Crippen LogP contribution is 2.22. The molecule has 0 fully saturated rings. The Morgan fingerprint density at radius 2 is 1.69 bits per heavy atom. The lowest BCUT2D eigenvalue weighted by atomic mass is 10.1. The van der Waals surface area contributed by atoms with Crippen LogP contribution in [-0.4, -0.2) is 30.3 Å². The van der Waals surface area contributed by atoms with E-state index in [1.807, 2.05) is 32.0 Å². The topological polar surface area (TPSA) is 87.7 Å². The van der Waals surface area contributed by atoms with Crippen molar-refractivity contribution in [1.29, 1.82) is 0 Å². The fraction of sp³-hybridized carbons (Fsp3) is 0.300. The molecule has 0 bridgehead atoms. The number of carbonyl (C=O) groups excluding carboxylic acids is 1. The predicted molar refractivity (Wildman–Crippen MR) is 101 cm³/mol. The van der Waals surface area contributed by atoms with Gasteiger partial charge in [0, 0.05) is 12.2 Å². The Kier molecular flexibility index (Phi) is 7.02. The van der Waals surface area contributed by atoms with E-state index in [1.54, 1.807) is 24.3 Å². The second kappa shape index (κ2) is 9.46. The number of carbonyl (C=O) groups is 2. The van der Waals surface area contributed by atoms with Crippen LogP contribution in [0.15, 0.2) is 42.5 Å². The van der Waals surface area contributed by atoms with Crippen LogP contribution in [0.5, 0.6) is 5.75 Å². The van der Waals surface area contributed by atoms with Crippen molar-refractivity contribution in [1.82, 2.24) is 5.32 Å². The molecule has 2 aromatic carbocycles. The van der Waals surface area contributed by atoms with E-state index >= 15 is 0 Å². The van der Waals surface area contributed by atoms with Crippen LogP contribution in [0, 0.1) is 13.8 Å². The highest BCUT2D eigenvalue weighted by Gasteiger charge is 2.05. The maximum absolute atomic E-state index is 11.9. The number of ether oxygens (including phenoxy) is 1. The van der Waals surface area contributed by atoms with Gasteiger partial charge in [0.1, 0.15) is 5.75 Å². The minimum atomic E-state index is -0.883. The Hall–Kier alpha value is -3.02. The third-order valence-electron chi connectivity index (χ3n) is 3.83. The van der Waals surface area contributed by atoms with E-state index in [2.05, 4.69) is 10.6 Å². The van der Waals surface area contributed by atoms with Crippen molar-refractivity contribution >= 4 is 17.7 Å². The van der Waals surface area contributed by atoms with Gasteiger partial charge in [-0.15, -0.1) is 0 Å². The van der Waals surface area contributed by atoms with Gasteiger partial charge >= 0.3 is 12.0 Å². The van der Waals surface area contributed by atoms with E-state index in [0.29, 0.717) is 30.8 Å². The van der Waals surface area contributed by atoms with Gasteiger partial charge in [0.25, 0.3) is 0 Å². The Morgan fingerprint density at radius 1 is 1.04 bits per heavy atom. The molecule has 0 heterocycles. The van der Waals surface area contributed by atoms with Gasteiger partial charge in [0.15, 0.2) is 0 Å². The van der Waals surface area contributed by atoms with Gasteiger partial charge in [-0.3, -0.25) is 4.79 Å². The SMILES string of the molecule is Cc1cccc(C)c1OCCCNC(=O)Nc1ccc(CC(=O)O)cc1. The fourth-order valence-electron chi connectivity index (χ4n) is 2.53. The number of nitrogens with one attached hydrogen (secondary N) is 2. The van der Waals surface area contributed by atoms with Crippen LogP contribution in [0.2, 0.25) is 0 Å². The van der Waals surface area contributed by atoms with Crippen molar-refractivity contribution < 1.29 is 19.4 Å². The zero-order valence-electron chi connectivity index (χ0n) is 15.0. The van der Waals surface area contributed by atoms with Gasteiger partial charge in [0.05, 0.1) is 13.0 Å². The van der Waals surface area contributed by atoms with Gasteiger partial charge in [-0.1, -0.05) is 30.3 Å². The van der Waals surface area contributed by atoms with Gasteiger partial charge in [-0.05, 0) is 49.1 Å². The number of amides is 2. The Labute approximate surface area is 153 Å². The molecule has 2 aromatic rings.